The molecule has 1 heterocycles. The molecular formula is C10H9ClN4O2. The molecule has 0 saturated heterocycles. The molecule has 1 aromatic heterocycles. The van der Waals surface area contributed by atoms with Gasteiger partial charge in [-0.1, -0.05) is 12.1 Å². The van der Waals surface area contributed by atoms with Gasteiger partial charge in [0.25, 0.3) is 0 Å². The number of rotatable bonds is 3. The largest absolute Gasteiger partial charge is 0.424 e. The van der Waals surface area contributed by atoms with Crippen molar-refractivity contribution < 1.29 is 9.84 Å². The fourth-order valence-electron chi connectivity index (χ4n) is 1.20. The summed E-state index contributed by atoms with van der Waals surface area (Å²) >= 11 is 5.61. The number of halogens is 1. The van der Waals surface area contributed by atoms with Gasteiger partial charge in [0, 0.05) is 0 Å². The molecule has 0 aliphatic carbocycles. The van der Waals surface area contributed by atoms with E-state index in [1.807, 2.05) is 0 Å². The predicted molar refractivity (Wildman–Crippen MR) is 61.7 cm³/mol. The maximum absolute atomic E-state index is 8.98. The fraction of sp³-hybridized carbons (Fsp3) is 0.100. The molecule has 0 radical (unpaired) electrons. The van der Waals surface area contributed by atoms with Crippen LogP contribution in [0.4, 0.5) is 5.95 Å². The maximum atomic E-state index is 8.98. The van der Waals surface area contributed by atoms with Crippen molar-refractivity contribution in [2.24, 2.45) is 0 Å². The minimum atomic E-state index is -0.0721. The molecule has 7 heteroatoms. The Hall–Kier alpha value is -1.92. The van der Waals surface area contributed by atoms with Crippen LogP contribution in [0.3, 0.4) is 0 Å². The highest BCUT2D eigenvalue weighted by atomic mass is 35.5. The zero-order valence-electron chi connectivity index (χ0n) is 8.67. The minimum absolute atomic E-state index is 0.0117. The van der Waals surface area contributed by atoms with E-state index in [4.69, 9.17) is 27.2 Å². The van der Waals surface area contributed by atoms with Crippen LogP contribution < -0.4 is 10.5 Å². The molecule has 0 saturated carbocycles. The van der Waals surface area contributed by atoms with Gasteiger partial charge in [0.15, 0.2) is 0 Å². The normalized spacial score (nSPS) is 10.2. The molecular weight excluding hydrogens is 244 g/mol. The molecule has 1 aromatic carbocycles. The number of aromatic nitrogens is 3. The van der Waals surface area contributed by atoms with Gasteiger partial charge in [-0.15, -0.1) is 0 Å². The lowest BCUT2D eigenvalue weighted by Crippen LogP contribution is -2.00. The van der Waals surface area contributed by atoms with Crippen molar-refractivity contribution in [3.8, 4) is 11.8 Å². The Balaban J connectivity index is 2.24. The highest BCUT2D eigenvalue weighted by molar-refractivity contribution is 6.28. The standard InChI is InChI=1S/C10H9ClN4O2/c11-8-13-9(12)15-10(14-8)17-7-3-1-2-6(4-7)5-16/h1-4,16H,5H2,(H2,12,13,14,15). The topological polar surface area (TPSA) is 94.2 Å². The molecule has 0 aliphatic heterocycles. The first kappa shape index (κ1) is 11.6. The Kier molecular flexibility index (Phi) is 3.36. The molecule has 0 atom stereocenters. The number of aliphatic hydroxyl groups excluding tert-OH is 1. The lowest BCUT2D eigenvalue weighted by Gasteiger charge is -2.05. The van der Waals surface area contributed by atoms with E-state index in [-0.39, 0.29) is 23.8 Å². The third kappa shape index (κ3) is 3.02. The molecule has 0 amide bonds. The lowest BCUT2D eigenvalue weighted by molar-refractivity contribution is 0.281. The van der Waals surface area contributed by atoms with Crippen LogP contribution in [0.2, 0.25) is 5.28 Å². The first-order chi connectivity index (χ1) is 8.17. The Morgan fingerprint density at radius 1 is 1.29 bits per heavy atom. The molecule has 0 unspecified atom stereocenters. The van der Waals surface area contributed by atoms with Crippen LogP contribution in [-0.2, 0) is 6.61 Å². The number of nitrogens with two attached hydrogens (primary N) is 1. The number of anilines is 1. The van der Waals surface area contributed by atoms with Crippen molar-refractivity contribution in [3.05, 3.63) is 35.1 Å². The third-order valence-electron chi connectivity index (χ3n) is 1.90. The number of nitrogens with zero attached hydrogens (tertiary/aromatic N) is 3. The summed E-state index contributed by atoms with van der Waals surface area (Å²) in [6.45, 7) is -0.0721. The van der Waals surface area contributed by atoms with E-state index in [1.54, 1.807) is 24.3 Å². The summed E-state index contributed by atoms with van der Waals surface area (Å²) in [6.07, 6.45) is 0. The summed E-state index contributed by atoms with van der Waals surface area (Å²) in [5, 5.41) is 8.94. The zero-order chi connectivity index (χ0) is 12.3. The van der Waals surface area contributed by atoms with Gasteiger partial charge in [0.1, 0.15) is 5.75 Å². The van der Waals surface area contributed by atoms with Crippen LogP contribution in [0.15, 0.2) is 24.3 Å². The minimum Gasteiger partial charge on any atom is -0.424 e. The number of benzene rings is 1. The van der Waals surface area contributed by atoms with Crippen LogP contribution in [0.1, 0.15) is 5.56 Å². The second kappa shape index (κ2) is 4.94. The van der Waals surface area contributed by atoms with Gasteiger partial charge in [-0.3, -0.25) is 0 Å². The van der Waals surface area contributed by atoms with E-state index in [9.17, 15) is 0 Å². The second-order valence-electron chi connectivity index (χ2n) is 3.15. The quantitative estimate of drug-likeness (QED) is 0.857. The predicted octanol–water partition coefficient (Wildman–Crippen LogP) is 1.39. The first-order valence-corrected chi connectivity index (χ1v) is 5.10. The van der Waals surface area contributed by atoms with Crippen molar-refractivity contribution in [2.75, 3.05) is 5.73 Å². The zero-order valence-corrected chi connectivity index (χ0v) is 9.42. The van der Waals surface area contributed by atoms with Gasteiger partial charge in [-0.05, 0) is 29.3 Å². The van der Waals surface area contributed by atoms with Crippen LogP contribution >= 0.6 is 11.6 Å². The summed E-state index contributed by atoms with van der Waals surface area (Å²) in [4.78, 5) is 11.1. The van der Waals surface area contributed by atoms with Crippen molar-refractivity contribution >= 4 is 17.5 Å². The van der Waals surface area contributed by atoms with Gasteiger partial charge in [0.2, 0.25) is 11.2 Å². The molecule has 0 aliphatic rings. The van der Waals surface area contributed by atoms with Crippen LogP contribution in [0, 0.1) is 0 Å². The van der Waals surface area contributed by atoms with Crippen LogP contribution in [0.5, 0.6) is 11.8 Å². The van der Waals surface area contributed by atoms with Crippen molar-refractivity contribution in [1.82, 2.24) is 15.0 Å². The number of hydrogen-bond acceptors (Lipinski definition) is 6. The van der Waals surface area contributed by atoms with E-state index >= 15 is 0 Å². The summed E-state index contributed by atoms with van der Waals surface area (Å²) < 4.78 is 5.34. The van der Waals surface area contributed by atoms with Gasteiger partial charge >= 0.3 is 6.01 Å². The fourth-order valence-corrected chi connectivity index (χ4v) is 1.36. The Labute approximate surface area is 102 Å². The molecule has 0 bridgehead atoms. The molecule has 2 aromatic rings. The van der Waals surface area contributed by atoms with E-state index in [2.05, 4.69) is 15.0 Å². The molecule has 2 rings (SSSR count). The van der Waals surface area contributed by atoms with E-state index in [1.165, 1.54) is 0 Å². The van der Waals surface area contributed by atoms with E-state index in [0.29, 0.717) is 5.75 Å². The number of hydrogen-bond donors (Lipinski definition) is 2. The highest BCUT2D eigenvalue weighted by Crippen LogP contribution is 2.20. The monoisotopic (exact) mass is 252 g/mol. The average molecular weight is 253 g/mol. The number of ether oxygens (including phenoxy) is 1. The van der Waals surface area contributed by atoms with E-state index < -0.39 is 0 Å². The Morgan fingerprint density at radius 2 is 2.12 bits per heavy atom. The van der Waals surface area contributed by atoms with Gasteiger partial charge in [-0.25, -0.2) is 0 Å². The highest BCUT2D eigenvalue weighted by Gasteiger charge is 2.05. The van der Waals surface area contributed by atoms with Gasteiger partial charge in [0.05, 0.1) is 6.61 Å². The summed E-state index contributed by atoms with van der Waals surface area (Å²) in [7, 11) is 0. The van der Waals surface area contributed by atoms with E-state index in [0.717, 1.165) is 5.56 Å². The molecule has 88 valence electrons. The Bertz CT molecular complexity index is 515. The van der Waals surface area contributed by atoms with Crippen LogP contribution in [-0.4, -0.2) is 20.1 Å². The number of aliphatic hydroxyl groups is 1. The lowest BCUT2D eigenvalue weighted by atomic mass is 10.2. The Morgan fingerprint density at radius 3 is 2.82 bits per heavy atom. The molecule has 0 spiro atoms. The van der Waals surface area contributed by atoms with Crippen molar-refractivity contribution in [2.45, 2.75) is 6.61 Å². The summed E-state index contributed by atoms with van der Waals surface area (Å²) in [5.41, 5.74) is 6.12. The van der Waals surface area contributed by atoms with Crippen LogP contribution in [0.25, 0.3) is 0 Å². The van der Waals surface area contributed by atoms with Gasteiger partial charge in [-0.2, -0.15) is 15.0 Å². The summed E-state index contributed by atoms with van der Waals surface area (Å²) in [5.74, 6) is 0.469. The van der Waals surface area contributed by atoms with Crippen molar-refractivity contribution in [1.29, 1.82) is 0 Å². The molecule has 0 fully saturated rings. The maximum Gasteiger partial charge on any atom is 0.328 e. The molecule has 17 heavy (non-hydrogen) atoms. The van der Waals surface area contributed by atoms with Crippen molar-refractivity contribution in [3.63, 3.8) is 0 Å². The number of nitrogen functional groups attached to an aromatic ring is 1. The molecule has 3 N–H and O–H groups in total. The smallest absolute Gasteiger partial charge is 0.328 e. The second-order valence-corrected chi connectivity index (χ2v) is 3.49. The SMILES string of the molecule is Nc1nc(Cl)nc(Oc2cccc(CO)c2)n1. The summed E-state index contributed by atoms with van der Waals surface area (Å²) in [6, 6.07) is 6.88. The molecule has 6 nitrogen and oxygen atoms in total. The third-order valence-corrected chi connectivity index (χ3v) is 2.06. The van der Waals surface area contributed by atoms with Gasteiger partial charge < -0.3 is 15.6 Å². The first-order valence-electron chi connectivity index (χ1n) is 4.72. The average Bonchev–Trinajstić information content (AvgIpc) is 2.28.